The van der Waals surface area contributed by atoms with E-state index in [-0.39, 0.29) is 6.79 Å². The second-order valence-electron chi connectivity index (χ2n) is 3.10. The van der Waals surface area contributed by atoms with Gasteiger partial charge in [-0.3, -0.25) is 0 Å². The molecule has 0 N–H and O–H groups in total. The maximum Gasteiger partial charge on any atom is 0.344 e. The summed E-state index contributed by atoms with van der Waals surface area (Å²) < 4.78 is 15.3. The van der Waals surface area contributed by atoms with Crippen molar-refractivity contribution < 1.29 is 19.0 Å². The molecule has 1 aromatic carbocycles. The molecule has 0 saturated carbocycles. The van der Waals surface area contributed by atoms with Gasteiger partial charge in [-0.1, -0.05) is 6.07 Å². The second kappa shape index (κ2) is 4.57. The van der Waals surface area contributed by atoms with Crippen molar-refractivity contribution in [3.05, 3.63) is 28.2 Å². The average molecular weight is 285 g/mol. The topological polar surface area (TPSA) is 44.8 Å². The molecule has 0 aliphatic carbocycles. The zero-order valence-corrected chi connectivity index (χ0v) is 10.1. The Labute approximate surface area is 101 Å². The standard InChI is InChI=1S/C11H9BrO4/c1-14-11(13)8(12)4-7-2-3-9-10(5-7)16-6-15-9/h2-5H,6H2,1H3/b8-4+. The molecular weight excluding hydrogens is 276 g/mol. The fourth-order valence-corrected chi connectivity index (χ4v) is 1.73. The van der Waals surface area contributed by atoms with Crippen molar-refractivity contribution in [2.45, 2.75) is 0 Å². The van der Waals surface area contributed by atoms with Crippen LogP contribution in [0, 0.1) is 0 Å². The molecule has 0 aromatic heterocycles. The van der Waals surface area contributed by atoms with E-state index in [4.69, 9.17) is 9.47 Å². The normalized spacial score (nSPS) is 13.8. The maximum atomic E-state index is 11.2. The third-order valence-corrected chi connectivity index (χ3v) is 2.62. The number of esters is 1. The lowest BCUT2D eigenvalue weighted by Gasteiger charge is -1.99. The number of carbonyl (C=O) groups is 1. The Morgan fingerprint density at radius 2 is 2.19 bits per heavy atom. The molecule has 5 heteroatoms. The van der Waals surface area contributed by atoms with Crippen molar-refractivity contribution in [3.8, 4) is 11.5 Å². The largest absolute Gasteiger partial charge is 0.465 e. The van der Waals surface area contributed by atoms with Crippen molar-refractivity contribution in [3.63, 3.8) is 0 Å². The lowest BCUT2D eigenvalue weighted by atomic mass is 10.2. The molecule has 0 unspecified atom stereocenters. The Balaban J connectivity index is 2.25. The maximum absolute atomic E-state index is 11.2. The van der Waals surface area contributed by atoms with Crippen LogP contribution in [0.3, 0.4) is 0 Å². The SMILES string of the molecule is COC(=O)/C(Br)=C\c1ccc2c(c1)OCO2. The summed E-state index contributed by atoms with van der Waals surface area (Å²) in [6.07, 6.45) is 1.66. The van der Waals surface area contributed by atoms with Gasteiger partial charge in [0.1, 0.15) is 4.48 Å². The van der Waals surface area contributed by atoms with E-state index in [1.165, 1.54) is 7.11 Å². The third-order valence-electron chi connectivity index (χ3n) is 2.07. The summed E-state index contributed by atoms with van der Waals surface area (Å²) >= 11 is 3.14. The number of methoxy groups -OCH3 is 1. The number of benzene rings is 1. The quantitative estimate of drug-likeness (QED) is 0.618. The highest BCUT2D eigenvalue weighted by atomic mass is 79.9. The van der Waals surface area contributed by atoms with Crippen molar-refractivity contribution in [1.29, 1.82) is 0 Å². The van der Waals surface area contributed by atoms with E-state index in [0.29, 0.717) is 16.0 Å². The molecule has 84 valence electrons. The molecule has 2 rings (SSSR count). The third kappa shape index (κ3) is 2.19. The molecule has 1 aromatic rings. The number of carbonyl (C=O) groups excluding carboxylic acids is 1. The first kappa shape index (κ1) is 11.0. The van der Waals surface area contributed by atoms with Crippen LogP contribution in [0.2, 0.25) is 0 Å². The summed E-state index contributed by atoms with van der Waals surface area (Å²) in [5.41, 5.74) is 0.835. The smallest absolute Gasteiger partial charge is 0.344 e. The summed E-state index contributed by atoms with van der Waals surface area (Å²) in [6, 6.07) is 5.43. The minimum absolute atomic E-state index is 0.237. The molecule has 1 heterocycles. The van der Waals surface area contributed by atoms with E-state index in [0.717, 1.165) is 5.56 Å². The van der Waals surface area contributed by atoms with Gasteiger partial charge in [0.05, 0.1) is 7.11 Å². The van der Waals surface area contributed by atoms with Gasteiger partial charge < -0.3 is 14.2 Å². The van der Waals surface area contributed by atoms with Crippen molar-refractivity contribution in [1.82, 2.24) is 0 Å². The Morgan fingerprint density at radius 1 is 1.44 bits per heavy atom. The highest BCUT2D eigenvalue weighted by molar-refractivity contribution is 9.12. The zero-order chi connectivity index (χ0) is 11.5. The summed E-state index contributed by atoms with van der Waals surface area (Å²) in [4.78, 5) is 11.2. The highest BCUT2D eigenvalue weighted by Crippen LogP contribution is 2.33. The Bertz CT molecular complexity index is 453. The fraction of sp³-hybridized carbons (Fsp3) is 0.182. The van der Waals surface area contributed by atoms with Gasteiger partial charge in [-0.15, -0.1) is 0 Å². The van der Waals surface area contributed by atoms with E-state index >= 15 is 0 Å². The summed E-state index contributed by atoms with van der Waals surface area (Å²) in [6.45, 7) is 0.237. The van der Waals surface area contributed by atoms with Crippen LogP contribution in [0.25, 0.3) is 6.08 Å². The van der Waals surface area contributed by atoms with Gasteiger partial charge in [0.2, 0.25) is 6.79 Å². The van der Waals surface area contributed by atoms with Crippen LogP contribution in [-0.2, 0) is 9.53 Å². The first-order valence-electron chi connectivity index (χ1n) is 4.56. The Morgan fingerprint density at radius 3 is 2.94 bits per heavy atom. The van der Waals surface area contributed by atoms with E-state index in [1.807, 2.05) is 6.07 Å². The lowest BCUT2D eigenvalue weighted by molar-refractivity contribution is -0.135. The molecule has 1 aliphatic rings. The van der Waals surface area contributed by atoms with Gasteiger partial charge in [-0.05, 0) is 39.7 Å². The van der Waals surface area contributed by atoms with Crippen molar-refractivity contribution in [2.75, 3.05) is 13.9 Å². The molecule has 0 spiro atoms. The minimum atomic E-state index is -0.419. The zero-order valence-electron chi connectivity index (χ0n) is 8.53. The van der Waals surface area contributed by atoms with Crippen molar-refractivity contribution >= 4 is 28.0 Å². The van der Waals surface area contributed by atoms with Gasteiger partial charge in [0.15, 0.2) is 11.5 Å². The molecule has 0 saturated heterocycles. The Kier molecular flexibility index (Phi) is 3.14. The predicted molar refractivity (Wildman–Crippen MR) is 61.5 cm³/mol. The summed E-state index contributed by atoms with van der Waals surface area (Å²) in [7, 11) is 1.33. The monoisotopic (exact) mass is 284 g/mol. The van der Waals surface area contributed by atoms with E-state index in [2.05, 4.69) is 20.7 Å². The predicted octanol–water partition coefficient (Wildman–Crippen LogP) is 2.32. The van der Waals surface area contributed by atoms with Gasteiger partial charge in [0.25, 0.3) is 0 Å². The molecule has 4 nitrogen and oxygen atoms in total. The number of rotatable bonds is 2. The van der Waals surface area contributed by atoms with Gasteiger partial charge in [-0.2, -0.15) is 0 Å². The van der Waals surface area contributed by atoms with Gasteiger partial charge >= 0.3 is 5.97 Å². The lowest BCUT2D eigenvalue weighted by Crippen LogP contribution is -1.98. The van der Waals surface area contributed by atoms with Gasteiger partial charge in [-0.25, -0.2) is 4.79 Å². The number of ether oxygens (including phenoxy) is 3. The number of fused-ring (bicyclic) bond motifs is 1. The highest BCUT2D eigenvalue weighted by Gasteiger charge is 2.13. The fourth-order valence-electron chi connectivity index (χ4n) is 1.31. The van der Waals surface area contributed by atoms with Crippen LogP contribution in [-0.4, -0.2) is 19.9 Å². The molecule has 0 radical (unpaired) electrons. The summed E-state index contributed by atoms with van der Waals surface area (Å²) in [5, 5.41) is 0. The first-order chi connectivity index (χ1) is 7.70. The minimum Gasteiger partial charge on any atom is -0.465 e. The number of halogens is 1. The van der Waals surface area contributed by atoms with Gasteiger partial charge in [0, 0.05) is 0 Å². The van der Waals surface area contributed by atoms with Crippen LogP contribution in [0.1, 0.15) is 5.56 Å². The van der Waals surface area contributed by atoms with Crippen molar-refractivity contribution in [2.24, 2.45) is 0 Å². The second-order valence-corrected chi connectivity index (χ2v) is 3.95. The molecule has 0 atom stereocenters. The molecule has 16 heavy (non-hydrogen) atoms. The number of hydrogen-bond donors (Lipinski definition) is 0. The molecular formula is C11H9BrO4. The molecule has 0 bridgehead atoms. The van der Waals surface area contributed by atoms with Crippen LogP contribution >= 0.6 is 15.9 Å². The molecule has 0 amide bonds. The molecule has 1 aliphatic heterocycles. The summed E-state index contributed by atoms with van der Waals surface area (Å²) in [5.74, 6) is 0.975. The van der Waals surface area contributed by atoms with Crippen LogP contribution in [0.5, 0.6) is 11.5 Å². The number of hydrogen-bond acceptors (Lipinski definition) is 4. The average Bonchev–Trinajstić information content (AvgIpc) is 2.75. The molecule has 0 fully saturated rings. The van der Waals surface area contributed by atoms with Crippen LogP contribution < -0.4 is 9.47 Å². The van der Waals surface area contributed by atoms with E-state index < -0.39 is 5.97 Å². The van der Waals surface area contributed by atoms with Crippen LogP contribution in [0.15, 0.2) is 22.7 Å². The Hall–Kier alpha value is -1.49. The van der Waals surface area contributed by atoms with E-state index in [9.17, 15) is 4.79 Å². The first-order valence-corrected chi connectivity index (χ1v) is 5.35. The van der Waals surface area contributed by atoms with E-state index in [1.54, 1.807) is 18.2 Å². The van der Waals surface area contributed by atoms with Crippen LogP contribution in [0.4, 0.5) is 0 Å².